The summed E-state index contributed by atoms with van der Waals surface area (Å²) in [5.74, 6) is -2.86. The van der Waals surface area contributed by atoms with E-state index in [9.17, 15) is 10.1 Å². The fraction of sp³-hybridized carbons (Fsp3) is 0.500. The molecule has 2 heterocycles. The van der Waals surface area contributed by atoms with Crippen LogP contribution in [-0.2, 0) is 10.2 Å². The number of halogens is 4. The molecule has 37 heavy (non-hydrogen) atoms. The molecule has 0 radical (unpaired) electrons. The van der Waals surface area contributed by atoms with Gasteiger partial charge in [0.05, 0.1) is 17.1 Å². The molecule has 5 nitrogen and oxygen atoms in total. The Balaban J connectivity index is 1.93. The molecule has 2 aliphatic heterocycles. The fourth-order valence-corrected chi connectivity index (χ4v) is 6.13. The van der Waals surface area contributed by atoms with Crippen molar-refractivity contribution < 1.29 is 13.6 Å². The molecular formula is C28H32Cl2F2N4O. The van der Waals surface area contributed by atoms with E-state index in [1.165, 1.54) is 24.3 Å². The first kappa shape index (κ1) is 27.8. The van der Waals surface area contributed by atoms with Crippen LogP contribution in [0.15, 0.2) is 36.4 Å². The van der Waals surface area contributed by atoms with E-state index in [1.807, 2.05) is 25.8 Å². The average molecular weight is 549 g/mol. The Labute approximate surface area is 227 Å². The maximum absolute atomic E-state index is 15.6. The van der Waals surface area contributed by atoms with Gasteiger partial charge in [0.15, 0.2) is 0 Å². The summed E-state index contributed by atoms with van der Waals surface area (Å²) in [7, 11) is 0. The molecule has 0 aromatic heterocycles. The lowest BCUT2D eigenvalue weighted by atomic mass is 9.62. The van der Waals surface area contributed by atoms with Crippen molar-refractivity contribution in [2.24, 2.45) is 5.41 Å². The van der Waals surface area contributed by atoms with Gasteiger partial charge in [-0.15, -0.1) is 0 Å². The summed E-state index contributed by atoms with van der Waals surface area (Å²) in [4.78, 5) is 13.8. The van der Waals surface area contributed by atoms with Crippen LogP contribution in [-0.4, -0.2) is 36.1 Å². The zero-order valence-electron chi connectivity index (χ0n) is 21.3. The third kappa shape index (κ3) is 5.49. The number of hydrogen-bond donors (Lipinski definition) is 2. The Hall–Kier alpha value is -2.24. The van der Waals surface area contributed by atoms with Gasteiger partial charge in [-0.1, -0.05) is 68.6 Å². The fourth-order valence-electron chi connectivity index (χ4n) is 5.79. The van der Waals surface area contributed by atoms with Gasteiger partial charge in [0.25, 0.3) is 5.91 Å². The zero-order chi connectivity index (χ0) is 27.0. The first-order valence-electron chi connectivity index (χ1n) is 12.6. The second-order valence-electron chi connectivity index (χ2n) is 11.2. The summed E-state index contributed by atoms with van der Waals surface area (Å²) in [6.07, 6.45) is 3.42. The van der Waals surface area contributed by atoms with E-state index in [2.05, 4.69) is 16.8 Å². The van der Waals surface area contributed by atoms with Crippen LogP contribution >= 0.6 is 23.2 Å². The van der Waals surface area contributed by atoms with Gasteiger partial charge in [-0.2, -0.15) is 5.26 Å². The lowest BCUT2D eigenvalue weighted by Crippen LogP contribution is -2.53. The normalized spacial score (nSPS) is 26.6. The molecule has 4 atom stereocenters. The summed E-state index contributed by atoms with van der Waals surface area (Å²) >= 11 is 12.2. The number of nitrogens with zero attached hydrogens (tertiary/aromatic N) is 2. The van der Waals surface area contributed by atoms with E-state index in [1.54, 1.807) is 6.07 Å². The van der Waals surface area contributed by atoms with Crippen molar-refractivity contribution in [3.05, 3.63) is 69.2 Å². The molecule has 198 valence electrons. The van der Waals surface area contributed by atoms with Crippen LogP contribution in [0, 0.1) is 28.4 Å². The molecule has 0 saturated carbocycles. The Bertz CT molecular complexity index is 1210. The van der Waals surface area contributed by atoms with Gasteiger partial charge in [0, 0.05) is 35.6 Å². The minimum atomic E-state index is -1.63. The quantitative estimate of drug-likeness (QED) is 0.473. The highest BCUT2D eigenvalue weighted by Crippen LogP contribution is 2.52. The Morgan fingerprint density at radius 1 is 1.19 bits per heavy atom. The number of hydrazine groups is 1. The van der Waals surface area contributed by atoms with Gasteiger partial charge < -0.3 is 5.32 Å². The first-order chi connectivity index (χ1) is 17.5. The Morgan fingerprint density at radius 3 is 2.51 bits per heavy atom. The summed E-state index contributed by atoms with van der Waals surface area (Å²) in [5, 5.41) is 16.1. The van der Waals surface area contributed by atoms with E-state index in [0.717, 1.165) is 25.3 Å². The van der Waals surface area contributed by atoms with Crippen molar-refractivity contribution in [1.82, 2.24) is 15.8 Å². The highest BCUT2D eigenvalue weighted by atomic mass is 35.5. The third-order valence-corrected chi connectivity index (χ3v) is 7.88. The Kier molecular flexibility index (Phi) is 8.16. The van der Waals surface area contributed by atoms with Crippen LogP contribution in [0.25, 0.3) is 0 Å². The zero-order valence-corrected chi connectivity index (χ0v) is 22.8. The van der Waals surface area contributed by atoms with Crippen LogP contribution in [0.4, 0.5) is 8.78 Å². The lowest BCUT2D eigenvalue weighted by molar-refractivity contribution is -0.128. The van der Waals surface area contributed by atoms with Crippen molar-refractivity contribution in [2.75, 3.05) is 13.1 Å². The molecule has 0 aliphatic carbocycles. The molecule has 2 aromatic carbocycles. The van der Waals surface area contributed by atoms with Crippen molar-refractivity contribution in [3.8, 4) is 6.07 Å². The number of rotatable bonds is 5. The number of nitrogens with one attached hydrogen (secondary N) is 2. The average Bonchev–Trinajstić information content (AvgIpc) is 3.14. The standard InChI is InChI=1S/C28H32Cl2F2N4O/c1-27(2,3)15-22-28(16-33,19-11-10-17(29)14-21(19)31)23(18-8-7-9-20(30)24(18)32)25(34-22)26(37)35-36-12-5-4-6-13-36/h7-11,14,22-23,25,34H,4-6,12-13,15H2,1-3H3,(H,35,37)/t22-,23-,25+,28-/m0/s1. The maximum atomic E-state index is 15.6. The van der Waals surface area contributed by atoms with E-state index >= 15 is 8.78 Å². The SMILES string of the molecule is CC(C)(C)C[C@@H]1N[C@@H](C(=O)NN2CCCCC2)[C@H](c2cccc(Cl)c2F)[C@@]1(C#N)c1ccc(Cl)cc1F. The van der Waals surface area contributed by atoms with E-state index < -0.39 is 41.0 Å². The summed E-state index contributed by atoms with van der Waals surface area (Å²) in [5.41, 5.74) is 1.20. The smallest absolute Gasteiger partial charge is 0.252 e. The number of carbonyl (C=O) groups excluding carboxylic acids is 1. The number of amides is 1. The molecule has 0 bridgehead atoms. The van der Waals surface area contributed by atoms with Gasteiger partial charge in [0.2, 0.25) is 0 Å². The monoisotopic (exact) mass is 548 g/mol. The van der Waals surface area contributed by atoms with E-state index in [4.69, 9.17) is 23.2 Å². The molecule has 2 aliphatic rings. The van der Waals surface area contributed by atoms with Gasteiger partial charge >= 0.3 is 0 Å². The van der Waals surface area contributed by atoms with Crippen molar-refractivity contribution in [1.29, 1.82) is 5.26 Å². The van der Waals surface area contributed by atoms with Gasteiger partial charge in [-0.25, -0.2) is 13.8 Å². The van der Waals surface area contributed by atoms with Crippen LogP contribution < -0.4 is 10.7 Å². The number of nitriles is 1. The number of carbonyl (C=O) groups is 1. The van der Waals surface area contributed by atoms with Crippen molar-refractivity contribution >= 4 is 29.1 Å². The lowest BCUT2D eigenvalue weighted by Gasteiger charge is -2.37. The summed E-state index contributed by atoms with van der Waals surface area (Å²) in [6, 6.07) is 9.32. The first-order valence-corrected chi connectivity index (χ1v) is 13.4. The molecule has 0 spiro atoms. The van der Waals surface area contributed by atoms with Gasteiger partial charge in [-0.3, -0.25) is 10.2 Å². The van der Waals surface area contributed by atoms with Crippen molar-refractivity contribution in [2.45, 2.75) is 69.9 Å². The van der Waals surface area contributed by atoms with Gasteiger partial charge in [0.1, 0.15) is 17.0 Å². The highest BCUT2D eigenvalue weighted by Gasteiger charge is 2.61. The van der Waals surface area contributed by atoms with Crippen LogP contribution in [0.3, 0.4) is 0 Å². The second-order valence-corrected chi connectivity index (χ2v) is 12.1. The largest absolute Gasteiger partial charge is 0.300 e. The predicted octanol–water partition coefficient (Wildman–Crippen LogP) is 6.11. The molecule has 2 N–H and O–H groups in total. The second kappa shape index (κ2) is 10.9. The number of benzene rings is 2. The summed E-state index contributed by atoms with van der Waals surface area (Å²) < 4.78 is 31.3. The molecule has 9 heteroatoms. The molecule has 4 rings (SSSR count). The van der Waals surface area contributed by atoms with E-state index in [0.29, 0.717) is 19.5 Å². The number of hydrogen-bond acceptors (Lipinski definition) is 4. The summed E-state index contributed by atoms with van der Waals surface area (Å²) in [6.45, 7) is 7.42. The molecular weight excluding hydrogens is 517 g/mol. The van der Waals surface area contributed by atoms with E-state index in [-0.39, 0.29) is 26.6 Å². The number of piperidine rings is 1. The maximum Gasteiger partial charge on any atom is 0.252 e. The third-order valence-electron chi connectivity index (χ3n) is 7.36. The van der Waals surface area contributed by atoms with Crippen LogP contribution in [0.5, 0.6) is 0 Å². The Morgan fingerprint density at radius 2 is 1.89 bits per heavy atom. The molecule has 1 amide bonds. The predicted molar refractivity (Wildman–Crippen MR) is 141 cm³/mol. The molecule has 2 aromatic rings. The van der Waals surface area contributed by atoms with Crippen LogP contribution in [0.1, 0.15) is 63.5 Å². The molecule has 2 saturated heterocycles. The highest BCUT2D eigenvalue weighted by molar-refractivity contribution is 6.31. The van der Waals surface area contributed by atoms with Crippen molar-refractivity contribution in [3.63, 3.8) is 0 Å². The minimum absolute atomic E-state index is 0.0683. The van der Waals surface area contributed by atoms with Crippen LogP contribution in [0.2, 0.25) is 10.0 Å². The minimum Gasteiger partial charge on any atom is -0.300 e. The molecule has 2 fully saturated rings. The molecule has 0 unspecified atom stereocenters. The topological polar surface area (TPSA) is 68.2 Å². The van der Waals surface area contributed by atoms with Gasteiger partial charge in [-0.05, 0) is 48.4 Å².